The first-order chi connectivity index (χ1) is 8.89. The molecule has 0 amide bonds. The molecule has 4 nitrogen and oxygen atoms in total. The summed E-state index contributed by atoms with van der Waals surface area (Å²) in [5, 5.41) is 7.81. The fourth-order valence-corrected chi connectivity index (χ4v) is 2.63. The van der Waals surface area contributed by atoms with E-state index in [4.69, 9.17) is 4.74 Å². The van der Waals surface area contributed by atoms with Crippen molar-refractivity contribution in [3.63, 3.8) is 0 Å². The molecule has 1 aromatic rings. The molecule has 0 aromatic carbocycles. The molecule has 2 unspecified atom stereocenters. The second-order valence-electron chi connectivity index (χ2n) is 6.73. The summed E-state index contributed by atoms with van der Waals surface area (Å²) in [5.41, 5.74) is 1.46. The van der Waals surface area contributed by atoms with Gasteiger partial charge in [-0.1, -0.05) is 27.7 Å². The zero-order valence-electron chi connectivity index (χ0n) is 12.8. The molecule has 1 saturated carbocycles. The summed E-state index contributed by atoms with van der Waals surface area (Å²) in [7, 11) is 1.95. The summed E-state index contributed by atoms with van der Waals surface area (Å²) < 4.78 is 7.83. The zero-order valence-corrected chi connectivity index (χ0v) is 12.8. The maximum Gasteiger partial charge on any atom is 0.0656 e. The first-order valence-corrected chi connectivity index (χ1v) is 7.22. The van der Waals surface area contributed by atoms with Gasteiger partial charge in [-0.05, 0) is 12.3 Å². The van der Waals surface area contributed by atoms with Crippen LogP contribution < -0.4 is 5.32 Å². The lowest BCUT2D eigenvalue weighted by atomic mass is 9.64. The minimum Gasteiger partial charge on any atom is -0.377 e. The van der Waals surface area contributed by atoms with Crippen molar-refractivity contribution in [3.8, 4) is 0 Å². The highest BCUT2D eigenvalue weighted by atomic mass is 16.5. The molecule has 1 aliphatic carbocycles. The van der Waals surface area contributed by atoms with Gasteiger partial charge in [-0.15, -0.1) is 0 Å². The molecular formula is C15H27N3O. The molecular weight excluding hydrogens is 238 g/mol. The SMILES string of the molecule is CC(C)COC1CC(NCc2cnn(C)c2)C1(C)C. The molecule has 2 rings (SSSR count). The van der Waals surface area contributed by atoms with Crippen molar-refractivity contribution in [2.75, 3.05) is 6.61 Å². The van der Waals surface area contributed by atoms with Crippen molar-refractivity contribution in [2.24, 2.45) is 18.4 Å². The summed E-state index contributed by atoms with van der Waals surface area (Å²) in [6, 6.07) is 0.532. The van der Waals surface area contributed by atoms with Gasteiger partial charge in [0.05, 0.1) is 12.3 Å². The zero-order chi connectivity index (χ0) is 14.0. The number of ether oxygens (including phenoxy) is 1. The third-order valence-electron chi connectivity index (χ3n) is 4.12. The molecule has 19 heavy (non-hydrogen) atoms. The topological polar surface area (TPSA) is 39.1 Å². The molecule has 0 aliphatic heterocycles. The molecule has 0 spiro atoms. The third-order valence-corrected chi connectivity index (χ3v) is 4.12. The summed E-state index contributed by atoms with van der Waals surface area (Å²) in [6.45, 7) is 10.7. The van der Waals surface area contributed by atoms with Crippen molar-refractivity contribution in [1.29, 1.82) is 0 Å². The standard InChI is InChI=1S/C15H27N3O/c1-11(2)10-19-14-6-13(15(14,3)4)16-7-12-8-17-18(5)9-12/h8-9,11,13-14,16H,6-7,10H2,1-5H3. The van der Waals surface area contributed by atoms with Crippen LogP contribution >= 0.6 is 0 Å². The molecule has 1 aliphatic rings. The van der Waals surface area contributed by atoms with Gasteiger partial charge in [-0.2, -0.15) is 5.10 Å². The lowest BCUT2D eigenvalue weighted by Crippen LogP contribution is -2.60. The molecule has 1 heterocycles. The number of hydrogen-bond acceptors (Lipinski definition) is 3. The largest absolute Gasteiger partial charge is 0.377 e. The quantitative estimate of drug-likeness (QED) is 0.858. The first kappa shape index (κ1) is 14.5. The van der Waals surface area contributed by atoms with E-state index in [1.54, 1.807) is 0 Å². The van der Waals surface area contributed by atoms with E-state index in [1.807, 2.05) is 17.9 Å². The number of nitrogens with zero attached hydrogens (tertiary/aromatic N) is 2. The van der Waals surface area contributed by atoms with E-state index < -0.39 is 0 Å². The Balaban J connectivity index is 1.77. The maximum atomic E-state index is 5.98. The van der Waals surface area contributed by atoms with Crippen LogP contribution in [0.25, 0.3) is 0 Å². The minimum absolute atomic E-state index is 0.219. The van der Waals surface area contributed by atoms with Crippen LogP contribution in [-0.2, 0) is 18.3 Å². The van der Waals surface area contributed by atoms with Gasteiger partial charge in [0.25, 0.3) is 0 Å². The smallest absolute Gasteiger partial charge is 0.0656 e. The van der Waals surface area contributed by atoms with Crippen LogP contribution in [0.3, 0.4) is 0 Å². The summed E-state index contributed by atoms with van der Waals surface area (Å²) in [5.74, 6) is 0.609. The first-order valence-electron chi connectivity index (χ1n) is 7.22. The third kappa shape index (κ3) is 3.37. The van der Waals surface area contributed by atoms with Crippen molar-refractivity contribution >= 4 is 0 Å². The van der Waals surface area contributed by atoms with Crippen LogP contribution in [0.5, 0.6) is 0 Å². The Morgan fingerprint density at radius 1 is 1.53 bits per heavy atom. The normalized spacial score (nSPS) is 25.6. The Kier molecular flexibility index (Phi) is 4.31. The van der Waals surface area contributed by atoms with Crippen molar-refractivity contribution in [3.05, 3.63) is 18.0 Å². The van der Waals surface area contributed by atoms with Crippen LogP contribution in [0.15, 0.2) is 12.4 Å². The van der Waals surface area contributed by atoms with Crippen LogP contribution in [-0.4, -0.2) is 28.5 Å². The van der Waals surface area contributed by atoms with Crippen LogP contribution in [0.2, 0.25) is 0 Å². The average Bonchev–Trinajstić information content (AvgIpc) is 2.72. The van der Waals surface area contributed by atoms with E-state index >= 15 is 0 Å². The van der Waals surface area contributed by atoms with Gasteiger partial charge in [0.15, 0.2) is 0 Å². The van der Waals surface area contributed by atoms with Crippen LogP contribution in [0.1, 0.15) is 39.7 Å². The number of aryl methyl sites for hydroxylation is 1. The predicted molar refractivity (Wildman–Crippen MR) is 76.8 cm³/mol. The highest BCUT2D eigenvalue weighted by Crippen LogP contribution is 2.43. The maximum absolute atomic E-state index is 5.98. The molecule has 108 valence electrons. The fraction of sp³-hybridized carbons (Fsp3) is 0.800. The molecule has 1 fully saturated rings. The van der Waals surface area contributed by atoms with Crippen LogP contribution in [0, 0.1) is 11.3 Å². The van der Waals surface area contributed by atoms with Gasteiger partial charge in [-0.25, -0.2) is 0 Å². The molecule has 1 N–H and O–H groups in total. The van der Waals surface area contributed by atoms with Crippen molar-refractivity contribution in [2.45, 2.75) is 52.8 Å². The summed E-state index contributed by atoms with van der Waals surface area (Å²) in [4.78, 5) is 0. The number of hydrogen-bond donors (Lipinski definition) is 1. The Morgan fingerprint density at radius 3 is 2.79 bits per heavy atom. The van der Waals surface area contributed by atoms with E-state index in [1.165, 1.54) is 5.56 Å². The molecule has 0 saturated heterocycles. The minimum atomic E-state index is 0.219. The van der Waals surface area contributed by atoms with Gasteiger partial charge >= 0.3 is 0 Å². The Morgan fingerprint density at radius 2 is 2.26 bits per heavy atom. The van der Waals surface area contributed by atoms with Gasteiger partial charge in [0, 0.05) is 43.4 Å². The Bertz CT molecular complexity index is 411. The van der Waals surface area contributed by atoms with Crippen molar-refractivity contribution < 1.29 is 4.74 Å². The lowest BCUT2D eigenvalue weighted by Gasteiger charge is -2.52. The molecule has 4 heteroatoms. The molecule has 2 atom stereocenters. The fourth-order valence-electron chi connectivity index (χ4n) is 2.63. The summed E-state index contributed by atoms with van der Waals surface area (Å²) >= 11 is 0. The van der Waals surface area contributed by atoms with Crippen LogP contribution in [0.4, 0.5) is 0 Å². The lowest BCUT2D eigenvalue weighted by molar-refractivity contribution is -0.124. The average molecular weight is 265 g/mol. The highest BCUT2D eigenvalue weighted by Gasteiger charge is 2.48. The van der Waals surface area contributed by atoms with Gasteiger partial charge in [0.1, 0.15) is 0 Å². The van der Waals surface area contributed by atoms with E-state index in [0.717, 1.165) is 19.6 Å². The molecule has 0 radical (unpaired) electrons. The summed E-state index contributed by atoms with van der Waals surface area (Å²) in [6.07, 6.45) is 5.48. The van der Waals surface area contributed by atoms with E-state index in [2.05, 4.69) is 44.3 Å². The number of aromatic nitrogens is 2. The second-order valence-corrected chi connectivity index (χ2v) is 6.73. The van der Waals surface area contributed by atoms with E-state index in [0.29, 0.717) is 18.1 Å². The van der Waals surface area contributed by atoms with E-state index in [9.17, 15) is 0 Å². The van der Waals surface area contributed by atoms with E-state index in [-0.39, 0.29) is 5.41 Å². The highest BCUT2D eigenvalue weighted by molar-refractivity contribution is 5.07. The van der Waals surface area contributed by atoms with Gasteiger partial charge in [0.2, 0.25) is 0 Å². The predicted octanol–water partition coefficient (Wildman–Crippen LogP) is 2.35. The monoisotopic (exact) mass is 265 g/mol. The molecule has 1 aromatic heterocycles. The molecule has 0 bridgehead atoms. The second kappa shape index (κ2) is 5.63. The number of nitrogens with one attached hydrogen (secondary N) is 1. The number of rotatable bonds is 6. The van der Waals surface area contributed by atoms with Gasteiger partial charge < -0.3 is 10.1 Å². The van der Waals surface area contributed by atoms with Crippen molar-refractivity contribution in [1.82, 2.24) is 15.1 Å². The Labute approximate surface area is 116 Å². The van der Waals surface area contributed by atoms with Gasteiger partial charge in [-0.3, -0.25) is 4.68 Å². The Hall–Kier alpha value is -0.870.